The van der Waals surface area contributed by atoms with E-state index in [4.69, 9.17) is 4.74 Å². The van der Waals surface area contributed by atoms with E-state index in [2.05, 4.69) is 27.4 Å². The van der Waals surface area contributed by atoms with Gasteiger partial charge in [0, 0.05) is 56.4 Å². The van der Waals surface area contributed by atoms with Gasteiger partial charge in [0.2, 0.25) is 0 Å². The van der Waals surface area contributed by atoms with Crippen molar-refractivity contribution in [3.05, 3.63) is 30.1 Å². The largest absolute Gasteiger partial charge is 0.381 e. The zero-order valence-corrected chi connectivity index (χ0v) is 17.9. The molecule has 3 rings (SSSR count). The molecule has 1 aromatic rings. The summed E-state index contributed by atoms with van der Waals surface area (Å²) in [6.07, 6.45) is 4.33. The molecule has 1 aromatic carbocycles. The number of aliphatic imine (C=N–C) groups is 1. The summed E-state index contributed by atoms with van der Waals surface area (Å²) < 4.78 is 19.4. The first-order valence-electron chi connectivity index (χ1n) is 10.3. The number of anilines is 1. The van der Waals surface area contributed by atoms with Gasteiger partial charge in [-0.15, -0.1) is 0 Å². The first kappa shape index (κ1) is 21.2. The molecule has 0 aliphatic carbocycles. The summed E-state index contributed by atoms with van der Waals surface area (Å²) in [4.78, 5) is 6.70. The maximum atomic E-state index is 13.6. The van der Waals surface area contributed by atoms with Crippen molar-refractivity contribution in [2.24, 2.45) is 4.99 Å². The van der Waals surface area contributed by atoms with E-state index in [0.29, 0.717) is 6.04 Å². The van der Waals surface area contributed by atoms with Gasteiger partial charge >= 0.3 is 0 Å². The molecule has 0 aromatic heterocycles. The fraction of sp³-hybridized carbons (Fsp3) is 0.667. The number of halogens is 1. The van der Waals surface area contributed by atoms with Crippen LogP contribution in [-0.4, -0.2) is 62.4 Å². The molecule has 0 radical (unpaired) electrons. The minimum absolute atomic E-state index is 0.180. The Balaban J connectivity index is 1.55. The van der Waals surface area contributed by atoms with Crippen molar-refractivity contribution in [2.75, 3.05) is 50.5 Å². The third-order valence-electron chi connectivity index (χ3n) is 5.59. The molecule has 0 bridgehead atoms. The average molecular weight is 409 g/mol. The smallest absolute Gasteiger partial charge is 0.191 e. The molecule has 0 amide bonds. The van der Waals surface area contributed by atoms with E-state index in [-0.39, 0.29) is 10.6 Å². The van der Waals surface area contributed by atoms with Crippen LogP contribution in [0.2, 0.25) is 0 Å². The van der Waals surface area contributed by atoms with E-state index >= 15 is 0 Å². The van der Waals surface area contributed by atoms with Gasteiger partial charge in [-0.2, -0.15) is 11.8 Å². The van der Waals surface area contributed by atoms with Gasteiger partial charge < -0.3 is 20.3 Å². The zero-order valence-electron chi connectivity index (χ0n) is 17.0. The number of piperidine rings is 1. The van der Waals surface area contributed by atoms with Crippen LogP contribution in [0.3, 0.4) is 0 Å². The van der Waals surface area contributed by atoms with E-state index in [1.165, 1.54) is 6.07 Å². The Labute approximate surface area is 172 Å². The number of hydrogen-bond acceptors (Lipinski definition) is 4. The summed E-state index contributed by atoms with van der Waals surface area (Å²) in [5, 5.41) is 7.14. The summed E-state index contributed by atoms with van der Waals surface area (Å²) in [6, 6.07) is 7.17. The van der Waals surface area contributed by atoms with Crippen LogP contribution in [0.15, 0.2) is 29.3 Å². The third-order valence-corrected chi connectivity index (χ3v) is 7.05. The monoisotopic (exact) mass is 408 g/mol. The zero-order chi connectivity index (χ0) is 19.8. The first-order valence-corrected chi connectivity index (χ1v) is 11.3. The number of rotatable bonds is 6. The highest BCUT2D eigenvalue weighted by molar-refractivity contribution is 8.00. The van der Waals surface area contributed by atoms with Crippen LogP contribution in [0.4, 0.5) is 10.1 Å². The maximum Gasteiger partial charge on any atom is 0.191 e. The number of benzene rings is 1. The SMILES string of the molecule is CCSC1(CNC(=NC)NC2CCCN(c3cccc(F)c3)C2)CCOCC1. The minimum atomic E-state index is -0.180. The first-order chi connectivity index (χ1) is 13.6. The summed E-state index contributed by atoms with van der Waals surface area (Å²) in [6.45, 7) is 6.61. The number of thioether (sulfide) groups is 1. The van der Waals surface area contributed by atoms with Crippen LogP contribution in [0.5, 0.6) is 0 Å². The summed E-state index contributed by atoms with van der Waals surface area (Å²) in [5.74, 6) is 1.78. The maximum absolute atomic E-state index is 13.6. The van der Waals surface area contributed by atoms with E-state index < -0.39 is 0 Å². The van der Waals surface area contributed by atoms with Crippen molar-refractivity contribution in [1.29, 1.82) is 0 Å². The molecule has 156 valence electrons. The van der Waals surface area contributed by atoms with Crippen LogP contribution in [-0.2, 0) is 4.74 Å². The molecule has 2 aliphatic heterocycles. The number of ether oxygens (including phenoxy) is 1. The fourth-order valence-corrected chi connectivity index (χ4v) is 5.30. The van der Waals surface area contributed by atoms with Crippen molar-refractivity contribution in [2.45, 2.75) is 43.4 Å². The summed E-state index contributed by atoms with van der Waals surface area (Å²) >= 11 is 2.03. The van der Waals surface area contributed by atoms with E-state index in [1.807, 2.05) is 24.9 Å². The topological polar surface area (TPSA) is 48.9 Å². The van der Waals surface area contributed by atoms with Gasteiger partial charge in [0.25, 0.3) is 0 Å². The van der Waals surface area contributed by atoms with Crippen LogP contribution in [0, 0.1) is 5.82 Å². The molecule has 2 fully saturated rings. The molecule has 5 nitrogen and oxygen atoms in total. The van der Waals surface area contributed by atoms with Gasteiger partial charge in [0.05, 0.1) is 0 Å². The van der Waals surface area contributed by atoms with Crippen LogP contribution in [0.25, 0.3) is 0 Å². The fourth-order valence-electron chi connectivity index (χ4n) is 4.06. The van der Waals surface area contributed by atoms with E-state index in [1.54, 1.807) is 12.1 Å². The van der Waals surface area contributed by atoms with Crippen molar-refractivity contribution in [3.8, 4) is 0 Å². The highest BCUT2D eigenvalue weighted by Gasteiger charge is 2.33. The summed E-state index contributed by atoms with van der Waals surface area (Å²) in [7, 11) is 1.83. The van der Waals surface area contributed by atoms with E-state index in [9.17, 15) is 4.39 Å². The predicted molar refractivity (Wildman–Crippen MR) is 117 cm³/mol. The lowest BCUT2D eigenvalue weighted by Crippen LogP contribution is -2.54. The molecule has 1 atom stereocenters. The molecule has 0 spiro atoms. The highest BCUT2D eigenvalue weighted by Crippen LogP contribution is 2.34. The van der Waals surface area contributed by atoms with Crippen LogP contribution < -0.4 is 15.5 Å². The lowest BCUT2D eigenvalue weighted by atomic mass is 9.99. The molecular weight excluding hydrogens is 375 g/mol. The van der Waals surface area contributed by atoms with Crippen LogP contribution in [0.1, 0.15) is 32.6 Å². The van der Waals surface area contributed by atoms with Crippen molar-refractivity contribution in [3.63, 3.8) is 0 Å². The quantitative estimate of drug-likeness (QED) is 0.559. The molecule has 2 heterocycles. The van der Waals surface area contributed by atoms with Crippen molar-refractivity contribution in [1.82, 2.24) is 10.6 Å². The minimum Gasteiger partial charge on any atom is -0.381 e. The third kappa shape index (κ3) is 5.77. The number of nitrogens with zero attached hydrogens (tertiary/aromatic N) is 2. The summed E-state index contributed by atoms with van der Waals surface area (Å²) in [5.41, 5.74) is 0.954. The molecule has 7 heteroatoms. The molecule has 2 saturated heterocycles. The Kier molecular flexibility index (Phi) is 7.85. The van der Waals surface area contributed by atoms with Crippen LogP contribution >= 0.6 is 11.8 Å². The van der Waals surface area contributed by atoms with Gasteiger partial charge in [0.1, 0.15) is 5.82 Å². The standard InChI is InChI=1S/C21H33FN4OS/c1-3-28-21(9-12-27-13-10-21)16-24-20(23-2)25-18-7-5-11-26(15-18)19-8-4-6-17(22)14-19/h4,6,8,14,18H,3,5,7,9-13,15-16H2,1-2H3,(H2,23,24,25). The van der Waals surface area contributed by atoms with Gasteiger partial charge in [-0.3, -0.25) is 4.99 Å². The molecule has 0 saturated carbocycles. The Morgan fingerprint density at radius 3 is 2.93 bits per heavy atom. The molecule has 1 unspecified atom stereocenters. The second-order valence-corrected chi connectivity index (χ2v) is 9.30. The second kappa shape index (κ2) is 10.3. The Hall–Kier alpha value is -1.47. The number of nitrogens with one attached hydrogen (secondary N) is 2. The van der Waals surface area contributed by atoms with Gasteiger partial charge in [-0.1, -0.05) is 13.0 Å². The molecule has 2 aliphatic rings. The van der Waals surface area contributed by atoms with Gasteiger partial charge in [-0.25, -0.2) is 4.39 Å². The lowest BCUT2D eigenvalue weighted by Gasteiger charge is -2.38. The lowest BCUT2D eigenvalue weighted by molar-refractivity contribution is 0.0782. The second-order valence-electron chi connectivity index (χ2n) is 7.56. The molecule has 2 N–H and O–H groups in total. The number of hydrogen-bond donors (Lipinski definition) is 2. The molecular formula is C21H33FN4OS. The average Bonchev–Trinajstić information content (AvgIpc) is 2.72. The Morgan fingerprint density at radius 2 is 2.21 bits per heavy atom. The predicted octanol–water partition coefficient (Wildman–Crippen LogP) is 3.26. The van der Waals surface area contributed by atoms with E-state index in [0.717, 1.165) is 75.9 Å². The Morgan fingerprint density at radius 1 is 1.39 bits per heavy atom. The van der Waals surface area contributed by atoms with Crippen molar-refractivity contribution < 1.29 is 9.13 Å². The van der Waals surface area contributed by atoms with Gasteiger partial charge in [-0.05, 0) is 49.6 Å². The normalized spacial score (nSPS) is 22.8. The van der Waals surface area contributed by atoms with Gasteiger partial charge in [0.15, 0.2) is 5.96 Å². The Bertz CT molecular complexity index is 646. The molecule has 28 heavy (non-hydrogen) atoms. The number of guanidine groups is 1. The highest BCUT2D eigenvalue weighted by atomic mass is 32.2. The van der Waals surface area contributed by atoms with Crippen molar-refractivity contribution >= 4 is 23.4 Å².